The summed E-state index contributed by atoms with van der Waals surface area (Å²) in [6.45, 7) is 2.74. The van der Waals surface area contributed by atoms with Crippen LogP contribution in [0.15, 0.2) is 24.3 Å². The highest BCUT2D eigenvalue weighted by molar-refractivity contribution is 6.01. The number of nitrogens with zero attached hydrogens (tertiary/aromatic N) is 1. The highest BCUT2D eigenvalue weighted by Crippen LogP contribution is 2.28. The minimum absolute atomic E-state index is 0.0307. The number of amides is 1. The van der Waals surface area contributed by atoms with E-state index in [9.17, 15) is 9.59 Å². The van der Waals surface area contributed by atoms with Crippen molar-refractivity contribution < 1.29 is 9.59 Å². The summed E-state index contributed by atoms with van der Waals surface area (Å²) < 4.78 is 0. The lowest BCUT2D eigenvalue weighted by molar-refractivity contribution is -0.115. The predicted molar refractivity (Wildman–Crippen MR) is 62.5 cm³/mol. The Labute approximate surface area is 94.2 Å². The standard InChI is InChI=1S/C12H14N2O2/c1-9(8-15)6-14-7-12(16)13-10-4-2-3-5-11(10)14/h2-5,8-9H,6-7H2,1H3,(H,13,16). The van der Waals surface area contributed by atoms with E-state index < -0.39 is 0 Å². The average molecular weight is 218 g/mol. The maximum absolute atomic E-state index is 11.5. The van der Waals surface area contributed by atoms with Gasteiger partial charge in [-0.2, -0.15) is 0 Å². The summed E-state index contributed by atoms with van der Waals surface area (Å²) in [6, 6.07) is 7.62. The van der Waals surface area contributed by atoms with Gasteiger partial charge in [-0.25, -0.2) is 0 Å². The number of carbonyl (C=O) groups excluding carboxylic acids is 2. The first-order chi connectivity index (χ1) is 7.70. The first-order valence-corrected chi connectivity index (χ1v) is 5.30. The summed E-state index contributed by atoms with van der Waals surface area (Å²) in [5.74, 6) is -0.101. The molecule has 0 aromatic heterocycles. The van der Waals surface area contributed by atoms with Gasteiger partial charge in [0.25, 0.3) is 0 Å². The number of benzene rings is 1. The normalized spacial score (nSPS) is 16.3. The number of nitrogens with one attached hydrogen (secondary N) is 1. The Morgan fingerprint density at radius 3 is 3.00 bits per heavy atom. The molecule has 1 aromatic rings. The Bertz CT molecular complexity index is 417. The summed E-state index contributed by atoms with van der Waals surface area (Å²) in [7, 11) is 0. The van der Waals surface area contributed by atoms with Gasteiger partial charge in [-0.3, -0.25) is 4.79 Å². The van der Waals surface area contributed by atoms with Gasteiger partial charge in [-0.05, 0) is 12.1 Å². The molecule has 0 saturated heterocycles. The number of rotatable bonds is 3. The zero-order valence-corrected chi connectivity index (χ0v) is 9.14. The van der Waals surface area contributed by atoms with Gasteiger partial charge in [0.1, 0.15) is 6.29 Å². The molecule has 0 saturated carbocycles. The minimum Gasteiger partial charge on any atom is -0.360 e. The molecule has 4 nitrogen and oxygen atoms in total. The van der Waals surface area contributed by atoms with E-state index in [0.29, 0.717) is 13.1 Å². The summed E-state index contributed by atoms with van der Waals surface area (Å²) in [5.41, 5.74) is 1.80. The number of aldehydes is 1. The SMILES string of the molecule is CC(C=O)CN1CC(=O)Nc2ccccc21. The maximum atomic E-state index is 11.5. The Hall–Kier alpha value is -1.84. The van der Waals surface area contributed by atoms with Crippen LogP contribution in [0.5, 0.6) is 0 Å². The molecule has 1 aromatic carbocycles. The van der Waals surface area contributed by atoms with Crippen molar-refractivity contribution in [3.63, 3.8) is 0 Å². The van der Waals surface area contributed by atoms with Crippen molar-refractivity contribution in [1.29, 1.82) is 0 Å². The molecule has 0 aliphatic carbocycles. The van der Waals surface area contributed by atoms with Gasteiger partial charge in [-0.1, -0.05) is 19.1 Å². The Kier molecular flexibility index (Phi) is 2.90. The molecule has 1 N–H and O–H groups in total. The fourth-order valence-corrected chi connectivity index (χ4v) is 1.86. The molecule has 0 radical (unpaired) electrons. The van der Waals surface area contributed by atoms with E-state index in [0.717, 1.165) is 17.7 Å². The number of hydrogen-bond acceptors (Lipinski definition) is 3. The largest absolute Gasteiger partial charge is 0.360 e. The van der Waals surface area contributed by atoms with Gasteiger partial charge in [0, 0.05) is 12.5 Å². The van der Waals surface area contributed by atoms with Crippen LogP contribution in [0.2, 0.25) is 0 Å². The van der Waals surface area contributed by atoms with Crippen molar-refractivity contribution >= 4 is 23.6 Å². The van der Waals surface area contributed by atoms with Gasteiger partial charge >= 0.3 is 0 Å². The van der Waals surface area contributed by atoms with Crippen LogP contribution in [0.1, 0.15) is 6.92 Å². The zero-order chi connectivity index (χ0) is 11.5. The Balaban J connectivity index is 2.26. The third-order valence-corrected chi connectivity index (χ3v) is 2.59. The monoisotopic (exact) mass is 218 g/mol. The number of para-hydroxylation sites is 2. The third-order valence-electron chi connectivity index (χ3n) is 2.59. The quantitative estimate of drug-likeness (QED) is 0.777. The van der Waals surface area contributed by atoms with Crippen LogP contribution in [-0.4, -0.2) is 25.3 Å². The van der Waals surface area contributed by atoms with E-state index in [2.05, 4.69) is 5.32 Å². The first-order valence-electron chi connectivity index (χ1n) is 5.30. The lowest BCUT2D eigenvalue weighted by Gasteiger charge is -2.31. The molecular weight excluding hydrogens is 204 g/mol. The number of hydrogen-bond donors (Lipinski definition) is 1. The van der Waals surface area contributed by atoms with Crippen molar-refractivity contribution in [2.45, 2.75) is 6.92 Å². The zero-order valence-electron chi connectivity index (χ0n) is 9.14. The van der Waals surface area contributed by atoms with Crippen molar-refractivity contribution in [2.75, 3.05) is 23.3 Å². The molecule has 1 unspecified atom stereocenters. The molecule has 4 heteroatoms. The molecule has 1 aliphatic rings. The fourth-order valence-electron chi connectivity index (χ4n) is 1.86. The van der Waals surface area contributed by atoms with Crippen molar-refractivity contribution in [1.82, 2.24) is 0 Å². The lowest BCUT2D eigenvalue weighted by Crippen LogP contribution is -2.40. The fraction of sp³-hybridized carbons (Fsp3) is 0.333. The lowest BCUT2D eigenvalue weighted by atomic mass is 10.1. The van der Waals surface area contributed by atoms with Gasteiger partial charge in [0.05, 0.1) is 17.9 Å². The minimum atomic E-state index is -0.0704. The summed E-state index contributed by atoms with van der Waals surface area (Å²) >= 11 is 0. The second kappa shape index (κ2) is 4.35. The maximum Gasteiger partial charge on any atom is 0.243 e. The molecule has 0 bridgehead atoms. The third kappa shape index (κ3) is 2.05. The molecule has 2 rings (SSSR count). The van der Waals surface area contributed by atoms with E-state index in [-0.39, 0.29) is 11.8 Å². The highest BCUT2D eigenvalue weighted by Gasteiger charge is 2.22. The van der Waals surface area contributed by atoms with E-state index in [1.165, 1.54) is 0 Å². The average Bonchev–Trinajstić information content (AvgIpc) is 2.28. The molecule has 0 spiro atoms. The number of anilines is 2. The molecule has 1 atom stereocenters. The Morgan fingerprint density at radius 1 is 1.50 bits per heavy atom. The second-order valence-corrected chi connectivity index (χ2v) is 4.06. The van der Waals surface area contributed by atoms with Crippen LogP contribution in [0.4, 0.5) is 11.4 Å². The molecular formula is C12H14N2O2. The van der Waals surface area contributed by atoms with E-state index in [1.54, 1.807) is 0 Å². The topological polar surface area (TPSA) is 49.4 Å². The molecule has 16 heavy (non-hydrogen) atoms. The van der Waals surface area contributed by atoms with Crippen molar-refractivity contribution in [3.05, 3.63) is 24.3 Å². The summed E-state index contributed by atoms with van der Waals surface area (Å²) in [5, 5.41) is 2.81. The van der Waals surface area contributed by atoms with Crippen molar-refractivity contribution in [2.24, 2.45) is 5.92 Å². The molecule has 0 fully saturated rings. The summed E-state index contributed by atoms with van der Waals surface area (Å²) in [6.07, 6.45) is 0.912. The van der Waals surface area contributed by atoms with Crippen LogP contribution in [0.25, 0.3) is 0 Å². The van der Waals surface area contributed by atoms with Crippen LogP contribution >= 0.6 is 0 Å². The molecule has 1 aliphatic heterocycles. The van der Waals surface area contributed by atoms with Gasteiger partial charge < -0.3 is 15.0 Å². The Morgan fingerprint density at radius 2 is 2.25 bits per heavy atom. The summed E-state index contributed by atoms with van der Waals surface area (Å²) in [4.78, 5) is 24.0. The van der Waals surface area contributed by atoms with Crippen LogP contribution in [-0.2, 0) is 9.59 Å². The van der Waals surface area contributed by atoms with E-state index in [1.807, 2.05) is 36.1 Å². The van der Waals surface area contributed by atoms with Gasteiger partial charge in [0.2, 0.25) is 5.91 Å². The first kappa shape index (κ1) is 10.7. The predicted octanol–water partition coefficient (Wildman–Crippen LogP) is 1.28. The smallest absolute Gasteiger partial charge is 0.243 e. The highest BCUT2D eigenvalue weighted by atomic mass is 16.2. The second-order valence-electron chi connectivity index (χ2n) is 4.06. The molecule has 1 amide bonds. The van der Waals surface area contributed by atoms with E-state index >= 15 is 0 Å². The van der Waals surface area contributed by atoms with Crippen LogP contribution < -0.4 is 10.2 Å². The van der Waals surface area contributed by atoms with Gasteiger partial charge in [0.15, 0.2) is 0 Å². The molecule has 84 valence electrons. The van der Waals surface area contributed by atoms with Crippen molar-refractivity contribution in [3.8, 4) is 0 Å². The number of carbonyl (C=O) groups is 2. The van der Waals surface area contributed by atoms with E-state index in [4.69, 9.17) is 0 Å². The molecule has 1 heterocycles. The van der Waals surface area contributed by atoms with Crippen LogP contribution in [0.3, 0.4) is 0 Å². The van der Waals surface area contributed by atoms with Crippen LogP contribution in [0, 0.1) is 5.92 Å². The number of fused-ring (bicyclic) bond motifs is 1. The van der Waals surface area contributed by atoms with Gasteiger partial charge in [-0.15, -0.1) is 0 Å².